The third-order valence-corrected chi connectivity index (χ3v) is 5.82. The number of benzene rings is 1. The minimum atomic E-state index is 0.626. The summed E-state index contributed by atoms with van der Waals surface area (Å²) in [6.45, 7) is 5.21. The molecule has 0 atom stereocenters. The molecule has 1 saturated heterocycles. The molecule has 9 heteroatoms. The van der Waals surface area contributed by atoms with E-state index < -0.39 is 0 Å². The van der Waals surface area contributed by atoms with E-state index in [9.17, 15) is 0 Å². The third-order valence-electron chi connectivity index (χ3n) is 5.15. The van der Waals surface area contributed by atoms with E-state index in [0.29, 0.717) is 11.5 Å². The molecule has 8 nitrogen and oxygen atoms in total. The average Bonchev–Trinajstić information content (AvgIpc) is 3.44. The van der Waals surface area contributed by atoms with Crippen LogP contribution in [0.2, 0.25) is 0 Å². The Hall–Kier alpha value is -3.01. The molecule has 4 heterocycles. The summed E-state index contributed by atoms with van der Waals surface area (Å²) in [6.07, 6.45) is 1.80. The fraction of sp³-hybridized carbons (Fsp3) is 0.286. The average molecular weight is 422 g/mol. The van der Waals surface area contributed by atoms with E-state index in [0.717, 1.165) is 67.6 Å². The molecule has 1 aromatic carbocycles. The zero-order valence-corrected chi connectivity index (χ0v) is 17.3. The standard InChI is InChI=1S/C21H23N7OS/c22-16-3-1-2-15(12-16)19-25-20(23-5-6-27-7-9-29-10-8-27)18-21(26-19)28(14-24-18)17-4-11-30-13-17/h1-4,11-14H,5-10,22H2,(H,23,25,26). The Balaban J connectivity index is 1.51. The van der Waals surface area contributed by atoms with Crippen LogP contribution in [0.25, 0.3) is 28.2 Å². The smallest absolute Gasteiger partial charge is 0.170 e. The molecule has 0 amide bonds. The number of anilines is 2. The largest absolute Gasteiger partial charge is 0.399 e. The van der Waals surface area contributed by atoms with Crippen LogP contribution in [-0.4, -0.2) is 63.8 Å². The number of thiophene rings is 1. The fourth-order valence-electron chi connectivity index (χ4n) is 3.57. The lowest BCUT2D eigenvalue weighted by Crippen LogP contribution is -2.39. The van der Waals surface area contributed by atoms with Gasteiger partial charge in [0.2, 0.25) is 0 Å². The molecular weight excluding hydrogens is 398 g/mol. The van der Waals surface area contributed by atoms with Gasteiger partial charge in [0.15, 0.2) is 22.8 Å². The van der Waals surface area contributed by atoms with E-state index in [1.54, 1.807) is 17.7 Å². The van der Waals surface area contributed by atoms with Crippen LogP contribution in [-0.2, 0) is 4.74 Å². The van der Waals surface area contributed by atoms with Gasteiger partial charge in [-0.1, -0.05) is 12.1 Å². The second-order valence-corrected chi connectivity index (χ2v) is 7.95. The number of nitrogens with zero attached hydrogens (tertiary/aromatic N) is 5. The van der Waals surface area contributed by atoms with Crippen LogP contribution in [0.4, 0.5) is 11.5 Å². The van der Waals surface area contributed by atoms with Crippen LogP contribution in [0, 0.1) is 0 Å². The molecule has 0 radical (unpaired) electrons. The van der Waals surface area contributed by atoms with Crippen LogP contribution in [0.3, 0.4) is 0 Å². The third kappa shape index (κ3) is 3.87. The minimum absolute atomic E-state index is 0.626. The van der Waals surface area contributed by atoms with E-state index in [1.807, 2.05) is 34.2 Å². The molecule has 3 N–H and O–H groups in total. The number of hydrogen-bond acceptors (Lipinski definition) is 8. The van der Waals surface area contributed by atoms with Crippen molar-refractivity contribution in [1.29, 1.82) is 0 Å². The summed E-state index contributed by atoms with van der Waals surface area (Å²) in [4.78, 5) is 16.6. The fourth-order valence-corrected chi connectivity index (χ4v) is 4.20. The maximum absolute atomic E-state index is 5.99. The van der Waals surface area contributed by atoms with Crippen molar-refractivity contribution < 1.29 is 4.74 Å². The summed E-state index contributed by atoms with van der Waals surface area (Å²) in [5.74, 6) is 1.36. The molecule has 30 heavy (non-hydrogen) atoms. The lowest BCUT2D eigenvalue weighted by molar-refractivity contribution is 0.0398. The summed E-state index contributed by atoms with van der Waals surface area (Å²) < 4.78 is 7.43. The summed E-state index contributed by atoms with van der Waals surface area (Å²) in [5.41, 5.74) is 10.1. The van der Waals surface area contributed by atoms with Crippen molar-refractivity contribution in [2.75, 3.05) is 50.4 Å². The van der Waals surface area contributed by atoms with Gasteiger partial charge in [-0.2, -0.15) is 11.3 Å². The Bertz CT molecular complexity index is 1140. The maximum Gasteiger partial charge on any atom is 0.170 e. The highest BCUT2D eigenvalue weighted by molar-refractivity contribution is 7.08. The van der Waals surface area contributed by atoms with Gasteiger partial charge in [0, 0.05) is 42.8 Å². The number of nitrogen functional groups attached to an aromatic ring is 1. The Morgan fingerprint density at radius 2 is 2.07 bits per heavy atom. The van der Waals surface area contributed by atoms with Gasteiger partial charge in [0.1, 0.15) is 6.33 Å². The topological polar surface area (TPSA) is 94.1 Å². The quantitative estimate of drug-likeness (QED) is 0.462. The predicted octanol–water partition coefficient (Wildman–Crippen LogP) is 2.87. The molecule has 0 aliphatic carbocycles. The molecule has 4 aromatic rings. The molecule has 0 saturated carbocycles. The minimum Gasteiger partial charge on any atom is -0.399 e. The van der Waals surface area contributed by atoms with Gasteiger partial charge >= 0.3 is 0 Å². The number of morpholine rings is 1. The first-order chi connectivity index (χ1) is 14.8. The van der Waals surface area contributed by atoms with E-state index in [2.05, 4.69) is 26.6 Å². The molecule has 1 fully saturated rings. The molecule has 0 unspecified atom stereocenters. The molecule has 3 aromatic heterocycles. The van der Waals surface area contributed by atoms with Crippen LogP contribution < -0.4 is 11.1 Å². The highest BCUT2D eigenvalue weighted by atomic mass is 32.1. The van der Waals surface area contributed by atoms with Gasteiger partial charge < -0.3 is 15.8 Å². The highest BCUT2D eigenvalue weighted by Gasteiger charge is 2.16. The van der Waals surface area contributed by atoms with Crippen molar-refractivity contribution in [1.82, 2.24) is 24.4 Å². The SMILES string of the molecule is Nc1cccc(-c2nc(NCCN3CCOCC3)c3ncn(-c4ccsc4)c3n2)c1. The lowest BCUT2D eigenvalue weighted by atomic mass is 10.2. The first-order valence-electron chi connectivity index (χ1n) is 9.95. The number of ether oxygens (including phenoxy) is 1. The number of fused-ring (bicyclic) bond motifs is 1. The van der Waals surface area contributed by atoms with E-state index in [4.69, 9.17) is 20.4 Å². The Labute approximate surface area is 178 Å². The maximum atomic E-state index is 5.99. The summed E-state index contributed by atoms with van der Waals surface area (Å²) in [5, 5.41) is 7.60. The van der Waals surface area contributed by atoms with E-state index in [1.165, 1.54) is 0 Å². The highest BCUT2D eigenvalue weighted by Crippen LogP contribution is 2.27. The van der Waals surface area contributed by atoms with Crippen molar-refractivity contribution in [3.63, 3.8) is 0 Å². The first-order valence-corrected chi connectivity index (χ1v) is 10.9. The second kappa shape index (κ2) is 8.39. The van der Waals surface area contributed by atoms with Crippen LogP contribution in [0.1, 0.15) is 0 Å². The Morgan fingerprint density at radius 3 is 2.87 bits per heavy atom. The predicted molar refractivity (Wildman–Crippen MR) is 120 cm³/mol. The summed E-state index contributed by atoms with van der Waals surface area (Å²) >= 11 is 1.64. The molecule has 154 valence electrons. The molecule has 1 aliphatic heterocycles. The van der Waals surface area contributed by atoms with Crippen molar-refractivity contribution in [3.8, 4) is 17.1 Å². The van der Waals surface area contributed by atoms with E-state index >= 15 is 0 Å². The number of nitrogens with two attached hydrogens (primary N) is 1. The number of imidazole rings is 1. The number of nitrogens with one attached hydrogen (secondary N) is 1. The van der Waals surface area contributed by atoms with Crippen LogP contribution >= 0.6 is 11.3 Å². The molecule has 5 rings (SSSR count). The van der Waals surface area contributed by atoms with Gasteiger partial charge in [-0.25, -0.2) is 15.0 Å². The Morgan fingerprint density at radius 1 is 1.17 bits per heavy atom. The lowest BCUT2D eigenvalue weighted by Gasteiger charge is -2.26. The zero-order chi connectivity index (χ0) is 20.3. The second-order valence-electron chi connectivity index (χ2n) is 7.17. The summed E-state index contributed by atoms with van der Waals surface area (Å²) in [7, 11) is 0. The normalized spacial score (nSPS) is 14.9. The molecular formula is C21H23N7OS. The monoisotopic (exact) mass is 421 g/mol. The molecule has 1 aliphatic rings. The number of aromatic nitrogens is 4. The van der Waals surface area contributed by atoms with Crippen LogP contribution in [0.15, 0.2) is 47.4 Å². The van der Waals surface area contributed by atoms with Crippen molar-refractivity contribution in [3.05, 3.63) is 47.4 Å². The molecule has 0 spiro atoms. The number of rotatable bonds is 6. The van der Waals surface area contributed by atoms with E-state index in [-0.39, 0.29) is 0 Å². The first kappa shape index (κ1) is 19.0. The van der Waals surface area contributed by atoms with Gasteiger partial charge in [0.25, 0.3) is 0 Å². The van der Waals surface area contributed by atoms with Crippen molar-refractivity contribution in [2.24, 2.45) is 0 Å². The Kier molecular flexibility index (Phi) is 5.31. The summed E-state index contributed by atoms with van der Waals surface area (Å²) in [6, 6.07) is 9.70. The zero-order valence-electron chi connectivity index (χ0n) is 16.5. The van der Waals surface area contributed by atoms with Gasteiger partial charge in [-0.05, 0) is 23.6 Å². The van der Waals surface area contributed by atoms with Gasteiger partial charge in [-0.15, -0.1) is 0 Å². The molecule has 0 bridgehead atoms. The number of hydrogen-bond donors (Lipinski definition) is 2. The van der Waals surface area contributed by atoms with Crippen LogP contribution in [0.5, 0.6) is 0 Å². The van der Waals surface area contributed by atoms with Crippen molar-refractivity contribution in [2.45, 2.75) is 0 Å². The van der Waals surface area contributed by atoms with Gasteiger partial charge in [0.05, 0.1) is 18.9 Å². The van der Waals surface area contributed by atoms with Gasteiger partial charge in [-0.3, -0.25) is 9.47 Å². The van der Waals surface area contributed by atoms with Crippen molar-refractivity contribution >= 4 is 34.0 Å².